The number of halogens is 1. The molecule has 0 radical (unpaired) electrons. The average molecular weight is 577 g/mol. The van der Waals surface area contributed by atoms with Gasteiger partial charge in [-0.05, 0) is 73.7 Å². The highest BCUT2D eigenvalue weighted by molar-refractivity contribution is 6.00. The van der Waals surface area contributed by atoms with Crippen molar-refractivity contribution < 1.29 is 23.9 Å². The van der Waals surface area contributed by atoms with Crippen molar-refractivity contribution in [2.75, 3.05) is 25.0 Å². The van der Waals surface area contributed by atoms with Gasteiger partial charge >= 0.3 is 0 Å². The zero-order valence-electron chi connectivity index (χ0n) is 24.3. The monoisotopic (exact) mass is 576 g/mol. The zero-order chi connectivity index (χ0) is 30.5. The number of aliphatic hydroxyl groups excluding tert-OH is 1. The molecule has 0 aliphatic heterocycles. The molecule has 0 saturated carbocycles. The molecule has 0 aliphatic carbocycles. The summed E-state index contributed by atoms with van der Waals surface area (Å²) in [5.74, 6) is -2.26. The van der Waals surface area contributed by atoms with Crippen LogP contribution in [-0.2, 0) is 11.2 Å². The van der Waals surface area contributed by atoms with Crippen molar-refractivity contribution in [3.63, 3.8) is 0 Å². The van der Waals surface area contributed by atoms with Gasteiger partial charge in [0.15, 0.2) is 0 Å². The Balaban J connectivity index is 1.77. The van der Waals surface area contributed by atoms with E-state index in [1.165, 1.54) is 24.3 Å². The maximum absolute atomic E-state index is 13.5. The zero-order valence-corrected chi connectivity index (χ0v) is 24.3. The predicted octanol–water partition coefficient (Wildman–Crippen LogP) is 4.39. The predicted molar refractivity (Wildman–Crippen MR) is 163 cm³/mol. The van der Waals surface area contributed by atoms with E-state index in [9.17, 15) is 23.9 Å². The molecule has 224 valence electrons. The fourth-order valence-corrected chi connectivity index (χ4v) is 4.79. The van der Waals surface area contributed by atoms with Gasteiger partial charge in [0, 0.05) is 42.0 Å². The van der Waals surface area contributed by atoms with Gasteiger partial charge in [0.25, 0.3) is 11.8 Å². The van der Waals surface area contributed by atoms with Gasteiger partial charge in [0.05, 0.1) is 12.5 Å². The van der Waals surface area contributed by atoms with Crippen LogP contribution in [0.1, 0.15) is 59.4 Å². The van der Waals surface area contributed by atoms with Crippen LogP contribution < -0.4 is 16.4 Å². The number of carbonyl (C=O) groups excluding carboxylic acids is 3. The van der Waals surface area contributed by atoms with Crippen LogP contribution in [0.3, 0.4) is 0 Å². The summed E-state index contributed by atoms with van der Waals surface area (Å²) in [6, 6.07) is 20.2. The first kappa shape index (κ1) is 32.4. The Bertz CT molecular complexity index is 1300. The van der Waals surface area contributed by atoms with Crippen LogP contribution in [0.5, 0.6) is 0 Å². The molecule has 0 saturated heterocycles. The molecule has 0 heterocycles. The van der Waals surface area contributed by atoms with E-state index in [2.05, 4.69) is 10.6 Å². The molecule has 3 aromatic rings. The van der Waals surface area contributed by atoms with Crippen molar-refractivity contribution in [2.45, 2.75) is 51.6 Å². The third-order valence-electron chi connectivity index (χ3n) is 7.04. The molecule has 3 unspecified atom stereocenters. The number of nitrogens with zero attached hydrogens (tertiary/aromatic N) is 1. The number of anilines is 1. The van der Waals surface area contributed by atoms with Gasteiger partial charge in [-0.25, -0.2) is 4.39 Å². The van der Waals surface area contributed by atoms with Crippen molar-refractivity contribution in [3.8, 4) is 0 Å². The van der Waals surface area contributed by atoms with Crippen LogP contribution >= 0.6 is 0 Å². The van der Waals surface area contributed by atoms with Crippen LogP contribution in [0.2, 0.25) is 0 Å². The molecule has 3 atom stereocenters. The smallest absolute Gasteiger partial charge is 0.253 e. The number of carbonyl (C=O) groups is 3. The highest BCUT2D eigenvalue weighted by atomic mass is 19.1. The van der Waals surface area contributed by atoms with Crippen LogP contribution in [0, 0.1) is 11.7 Å². The molecule has 3 amide bonds. The lowest BCUT2D eigenvalue weighted by Gasteiger charge is -2.28. The van der Waals surface area contributed by atoms with Gasteiger partial charge in [0.1, 0.15) is 5.82 Å². The van der Waals surface area contributed by atoms with Gasteiger partial charge in [-0.15, -0.1) is 0 Å². The van der Waals surface area contributed by atoms with E-state index in [1.807, 2.05) is 44.2 Å². The maximum Gasteiger partial charge on any atom is 0.253 e. The second-order valence-electron chi connectivity index (χ2n) is 10.4. The van der Waals surface area contributed by atoms with Crippen molar-refractivity contribution in [1.82, 2.24) is 10.2 Å². The van der Waals surface area contributed by atoms with Gasteiger partial charge in [0.2, 0.25) is 5.91 Å². The van der Waals surface area contributed by atoms with Crippen LogP contribution in [-0.4, -0.2) is 59.5 Å². The number of rotatable bonds is 15. The van der Waals surface area contributed by atoms with E-state index in [4.69, 9.17) is 5.73 Å². The van der Waals surface area contributed by atoms with Gasteiger partial charge in [-0.2, -0.15) is 0 Å². The van der Waals surface area contributed by atoms with Crippen LogP contribution in [0.4, 0.5) is 10.1 Å². The van der Waals surface area contributed by atoms with E-state index in [0.29, 0.717) is 36.3 Å². The molecule has 8 nitrogen and oxygen atoms in total. The van der Waals surface area contributed by atoms with Gasteiger partial charge in [-0.3, -0.25) is 14.4 Å². The lowest BCUT2D eigenvalue weighted by atomic mass is 9.91. The van der Waals surface area contributed by atoms with Crippen molar-refractivity contribution in [2.24, 2.45) is 11.7 Å². The normalized spacial score (nSPS) is 13.1. The number of hydrogen-bond acceptors (Lipinski definition) is 5. The molecule has 3 aromatic carbocycles. The topological polar surface area (TPSA) is 125 Å². The molecular weight excluding hydrogens is 535 g/mol. The Morgan fingerprint density at radius 1 is 0.905 bits per heavy atom. The van der Waals surface area contributed by atoms with E-state index in [1.54, 1.807) is 29.2 Å². The van der Waals surface area contributed by atoms with Gasteiger partial charge < -0.3 is 26.4 Å². The standard InChI is InChI=1S/C33H41FN4O4/c1-3-17-38(18-4-2)33(42)25-12-8-11-24(20-25)31(40)37-30(19-23-9-6-5-7-10-23)29(35)21-26(22-39)32(41)36-28-15-13-27(34)14-16-28/h5-16,20,26,29-30,39H,3-4,17-19,21-22,35H2,1-2H3,(H,36,41)(H,37,40). The number of benzene rings is 3. The van der Waals surface area contributed by atoms with Crippen LogP contribution in [0.15, 0.2) is 78.9 Å². The van der Waals surface area contributed by atoms with Crippen molar-refractivity contribution in [1.29, 1.82) is 0 Å². The fourth-order valence-electron chi connectivity index (χ4n) is 4.79. The Hall–Kier alpha value is -4.08. The number of amides is 3. The Labute approximate surface area is 247 Å². The highest BCUT2D eigenvalue weighted by Gasteiger charge is 2.28. The minimum atomic E-state index is -0.857. The summed E-state index contributed by atoms with van der Waals surface area (Å²) in [5, 5.41) is 15.7. The molecule has 0 bridgehead atoms. The van der Waals surface area contributed by atoms with Crippen molar-refractivity contribution in [3.05, 3.63) is 101 Å². The molecule has 3 rings (SSSR count). The number of nitrogens with one attached hydrogen (secondary N) is 2. The lowest BCUT2D eigenvalue weighted by molar-refractivity contribution is -0.121. The van der Waals surface area contributed by atoms with Gasteiger partial charge in [-0.1, -0.05) is 50.2 Å². The second-order valence-corrected chi connectivity index (χ2v) is 10.4. The molecule has 0 aromatic heterocycles. The molecule has 9 heteroatoms. The Morgan fingerprint density at radius 2 is 1.55 bits per heavy atom. The maximum atomic E-state index is 13.5. The summed E-state index contributed by atoms with van der Waals surface area (Å²) < 4.78 is 13.3. The number of hydrogen-bond donors (Lipinski definition) is 4. The van der Waals surface area contributed by atoms with E-state index in [-0.39, 0.29) is 12.3 Å². The van der Waals surface area contributed by atoms with E-state index in [0.717, 1.165) is 18.4 Å². The minimum absolute atomic E-state index is 0.0861. The molecular formula is C33H41FN4O4. The number of aliphatic hydroxyl groups is 1. The molecule has 0 fully saturated rings. The van der Waals surface area contributed by atoms with Crippen molar-refractivity contribution >= 4 is 23.4 Å². The minimum Gasteiger partial charge on any atom is -0.396 e. The average Bonchev–Trinajstić information content (AvgIpc) is 3.00. The first-order chi connectivity index (χ1) is 20.2. The second kappa shape index (κ2) is 16.4. The Kier molecular flexibility index (Phi) is 12.7. The summed E-state index contributed by atoms with van der Waals surface area (Å²) in [6.07, 6.45) is 2.15. The summed E-state index contributed by atoms with van der Waals surface area (Å²) >= 11 is 0. The molecule has 0 spiro atoms. The quantitative estimate of drug-likeness (QED) is 0.214. The SMILES string of the molecule is CCCN(CCC)C(=O)c1cccc(C(=O)NC(Cc2ccccc2)C(N)CC(CO)C(=O)Nc2ccc(F)cc2)c1. The van der Waals surface area contributed by atoms with E-state index >= 15 is 0 Å². The summed E-state index contributed by atoms with van der Waals surface area (Å²) in [5.41, 5.74) is 8.69. The highest BCUT2D eigenvalue weighted by Crippen LogP contribution is 2.17. The number of nitrogens with two attached hydrogens (primary N) is 1. The molecule has 42 heavy (non-hydrogen) atoms. The summed E-state index contributed by atoms with van der Waals surface area (Å²) in [7, 11) is 0. The van der Waals surface area contributed by atoms with E-state index < -0.39 is 42.2 Å². The Morgan fingerprint density at radius 3 is 2.17 bits per heavy atom. The fraction of sp³-hybridized carbons (Fsp3) is 0.364. The first-order valence-corrected chi connectivity index (χ1v) is 14.4. The summed E-state index contributed by atoms with van der Waals surface area (Å²) in [6.45, 7) is 4.85. The van der Waals surface area contributed by atoms with Crippen LogP contribution in [0.25, 0.3) is 0 Å². The summed E-state index contributed by atoms with van der Waals surface area (Å²) in [4.78, 5) is 41.3. The molecule has 0 aliphatic rings. The third kappa shape index (κ3) is 9.49. The molecule has 5 N–H and O–H groups in total. The first-order valence-electron chi connectivity index (χ1n) is 14.4. The lowest BCUT2D eigenvalue weighted by Crippen LogP contribution is -2.50. The third-order valence-corrected chi connectivity index (χ3v) is 7.04. The largest absolute Gasteiger partial charge is 0.396 e.